The molecule has 0 aliphatic carbocycles. The Balaban J connectivity index is 2.24. The fourth-order valence-electron chi connectivity index (χ4n) is 2.01. The van der Waals surface area contributed by atoms with E-state index in [9.17, 15) is 0 Å². The van der Waals surface area contributed by atoms with Crippen LogP contribution in [0.15, 0.2) is 24.3 Å². The van der Waals surface area contributed by atoms with E-state index in [1.54, 1.807) is 0 Å². The Morgan fingerprint density at radius 2 is 2.17 bits per heavy atom. The van der Waals surface area contributed by atoms with Crippen molar-refractivity contribution in [1.82, 2.24) is 4.90 Å². The van der Waals surface area contributed by atoms with Crippen LogP contribution in [-0.2, 0) is 6.42 Å². The predicted molar refractivity (Wildman–Crippen MR) is 84.3 cm³/mol. The van der Waals surface area contributed by atoms with Gasteiger partial charge in [0.25, 0.3) is 0 Å². The van der Waals surface area contributed by atoms with Crippen molar-refractivity contribution in [3.8, 4) is 0 Å². The molecular weight excluding hydrogens is 240 g/mol. The van der Waals surface area contributed by atoms with Crippen LogP contribution in [0.5, 0.6) is 0 Å². The van der Waals surface area contributed by atoms with E-state index in [1.807, 2.05) is 23.9 Å². The molecule has 102 valence electrons. The Bertz CT molecular complexity index is 341. The SMILES string of the molecule is CSCCC(C)N(C)CCCc1cccc(N)c1. The number of nitrogen functional groups attached to an aromatic ring is 1. The van der Waals surface area contributed by atoms with E-state index >= 15 is 0 Å². The summed E-state index contributed by atoms with van der Waals surface area (Å²) in [6.07, 6.45) is 5.76. The van der Waals surface area contributed by atoms with Gasteiger partial charge in [-0.3, -0.25) is 0 Å². The summed E-state index contributed by atoms with van der Waals surface area (Å²) in [5, 5.41) is 0. The van der Waals surface area contributed by atoms with Gasteiger partial charge in [-0.15, -0.1) is 0 Å². The van der Waals surface area contributed by atoms with Crippen molar-refractivity contribution in [1.29, 1.82) is 0 Å². The fourth-order valence-corrected chi connectivity index (χ4v) is 2.59. The first-order chi connectivity index (χ1) is 8.63. The van der Waals surface area contributed by atoms with E-state index in [1.165, 1.54) is 24.2 Å². The van der Waals surface area contributed by atoms with Crippen molar-refractivity contribution in [3.05, 3.63) is 29.8 Å². The average Bonchev–Trinajstić information content (AvgIpc) is 2.35. The highest BCUT2D eigenvalue weighted by Gasteiger charge is 2.07. The number of benzene rings is 1. The van der Waals surface area contributed by atoms with E-state index in [-0.39, 0.29) is 0 Å². The van der Waals surface area contributed by atoms with E-state index in [2.05, 4.69) is 37.3 Å². The van der Waals surface area contributed by atoms with Crippen LogP contribution in [0, 0.1) is 0 Å². The quantitative estimate of drug-likeness (QED) is 0.732. The first kappa shape index (κ1) is 15.4. The second-order valence-electron chi connectivity index (χ2n) is 4.96. The Morgan fingerprint density at radius 1 is 1.39 bits per heavy atom. The van der Waals surface area contributed by atoms with Crippen LogP contribution in [0.4, 0.5) is 5.69 Å². The van der Waals surface area contributed by atoms with E-state index < -0.39 is 0 Å². The van der Waals surface area contributed by atoms with Crippen LogP contribution < -0.4 is 5.73 Å². The van der Waals surface area contributed by atoms with Crippen molar-refractivity contribution >= 4 is 17.4 Å². The van der Waals surface area contributed by atoms with Crippen molar-refractivity contribution < 1.29 is 0 Å². The summed E-state index contributed by atoms with van der Waals surface area (Å²) in [5.74, 6) is 1.25. The summed E-state index contributed by atoms with van der Waals surface area (Å²) in [6, 6.07) is 8.90. The van der Waals surface area contributed by atoms with Gasteiger partial charge in [-0.25, -0.2) is 0 Å². The lowest BCUT2D eigenvalue weighted by Gasteiger charge is -2.24. The number of anilines is 1. The Morgan fingerprint density at radius 3 is 2.83 bits per heavy atom. The zero-order chi connectivity index (χ0) is 13.4. The highest BCUT2D eigenvalue weighted by Crippen LogP contribution is 2.11. The molecule has 1 unspecified atom stereocenters. The van der Waals surface area contributed by atoms with Gasteiger partial charge in [-0.1, -0.05) is 12.1 Å². The molecule has 0 aliphatic heterocycles. The zero-order valence-corrected chi connectivity index (χ0v) is 12.7. The summed E-state index contributed by atoms with van der Waals surface area (Å²) >= 11 is 1.93. The van der Waals surface area contributed by atoms with Crippen LogP contribution >= 0.6 is 11.8 Å². The number of hydrogen-bond acceptors (Lipinski definition) is 3. The smallest absolute Gasteiger partial charge is 0.0316 e. The average molecular weight is 266 g/mol. The van der Waals surface area contributed by atoms with Gasteiger partial charge in [0.15, 0.2) is 0 Å². The molecule has 0 heterocycles. The maximum absolute atomic E-state index is 5.78. The third-order valence-corrected chi connectivity index (χ3v) is 4.06. The lowest BCUT2D eigenvalue weighted by Crippen LogP contribution is -2.30. The molecule has 1 aromatic rings. The first-order valence-corrected chi connectivity index (χ1v) is 8.06. The van der Waals surface area contributed by atoms with Gasteiger partial charge in [0.2, 0.25) is 0 Å². The van der Waals surface area contributed by atoms with Crippen molar-refractivity contribution in [2.24, 2.45) is 0 Å². The first-order valence-electron chi connectivity index (χ1n) is 6.67. The summed E-state index contributed by atoms with van der Waals surface area (Å²) in [7, 11) is 2.23. The van der Waals surface area contributed by atoms with Gasteiger partial charge >= 0.3 is 0 Å². The van der Waals surface area contributed by atoms with Crippen LogP contribution in [0.3, 0.4) is 0 Å². The minimum atomic E-state index is 0.679. The summed E-state index contributed by atoms with van der Waals surface area (Å²) in [5.41, 5.74) is 8.00. The molecule has 0 saturated heterocycles. The van der Waals surface area contributed by atoms with Crippen molar-refractivity contribution in [3.63, 3.8) is 0 Å². The molecule has 0 bridgehead atoms. The molecule has 18 heavy (non-hydrogen) atoms. The van der Waals surface area contributed by atoms with Gasteiger partial charge < -0.3 is 10.6 Å². The number of nitrogens with zero attached hydrogens (tertiary/aromatic N) is 1. The molecule has 0 radical (unpaired) electrons. The van der Waals surface area contributed by atoms with Crippen molar-refractivity contribution in [2.75, 3.05) is 31.3 Å². The second-order valence-corrected chi connectivity index (χ2v) is 5.95. The molecule has 0 aliphatic rings. The summed E-state index contributed by atoms with van der Waals surface area (Å²) < 4.78 is 0. The number of hydrogen-bond donors (Lipinski definition) is 1. The molecular formula is C15H26N2S. The van der Waals surface area contributed by atoms with Crippen LogP contribution in [0.1, 0.15) is 25.3 Å². The third kappa shape index (κ3) is 5.78. The van der Waals surface area contributed by atoms with Gasteiger partial charge in [-0.05, 0) is 69.5 Å². The molecule has 0 amide bonds. The number of nitrogens with two attached hydrogens (primary N) is 1. The van der Waals surface area contributed by atoms with Crippen molar-refractivity contribution in [2.45, 2.75) is 32.2 Å². The molecule has 2 N–H and O–H groups in total. The molecule has 1 atom stereocenters. The largest absolute Gasteiger partial charge is 0.399 e. The molecule has 3 heteroatoms. The fraction of sp³-hybridized carbons (Fsp3) is 0.600. The number of thioether (sulfide) groups is 1. The van der Waals surface area contributed by atoms with E-state index in [4.69, 9.17) is 5.73 Å². The van der Waals surface area contributed by atoms with E-state index in [0.29, 0.717) is 6.04 Å². The zero-order valence-electron chi connectivity index (χ0n) is 11.9. The van der Waals surface area contributed by atoms with Crippen LogP contribution in [-0.4, -0.2) is 36.5 Å². The maximum atomic E-state index is 5.78. The van der Waals surface area contributed by atoms with Crippen LogP contribution in [0.2, 0.25) is 0 Å². The highest BCUT2D eigenvalue weighted by atomic mass is 32.2. The topological polar surface area (TPSA) is 29.3 Å². The summed E-state index contributed by atoms with van der Waals surface area (Å²) in [6.45, 7) is 3.47. The monoisotopic (exact) mass is 266 g/mol. The highest BCUT2D eigenvalue weighted by molar-refractivity contribution is 7.98. The van der Waals surface area contributed by atoms with Crippen LogP contribution in [0.25, 0.3) is 0 Å². The second kappa shape index (κ2) is 8.44. The maximum Gasteiger partial charge on any atom is 0.0316 e. The van der Waals surface area contributed by atoms with E-state index in [0.717, 1.165) is 18.7 Å². The summed E-state index contributed by atoms with van der Waals surface area (Å²) in [4.78, 5) is 2.46. The van der Waals surface area contributed by atoms with Gasteiger partial charge in [-0.2, -0.15) is 11.8 Å². The lowest BCUT2D eigenvalue weighted by atomic mass is 10.1. The molecule has 1 rings (SSSR count). The molecule has 0 spiro atoms. The molecule has 0 saturated carbocycles. The molecule has 0 aromatic heterocycles. The number of aryl methyl sites for hydroxylation is 1. The van der Waals surface area contributed by atoms with Gasteiger partial charge in [0.1, 0.15) is 0 Å². The van der Waals surface area contributed by atoms with Gasteiger partial charge in [0.05, 0.1) is 0 Å². The Kier molecular flexibility index (Phi) is 7.21. The minimum Gasteiger partial charge on any atom is -0.399 e. The Hall–Kier alpha value is -0.670. The minimum absolute atomic E-state index is 0.679. The standard InChI is InChI=1S/C15H26N2S/c1-13(9-11-18-3)17(2)10-5-7-14-6-4-8-15(16)12-14/h4,6,8,12-13H,5,7,9-11,16H2,1-3H3. The molecule has 0 fully saturated rings. The normalized spacial score (nSPS) is 12.9. The van der Waals surface area contributed by atoms with Gasteiger partial charge in [0, 0.05) is 11.7 Å². The Labute approximate surface area is 116 Å². The molecule has 2 nitrogen and oxygen atoms in total. The molecule has 1 aromatic carbocycles. The number of rotatable bonds is 8. The predicted octanol–water partition coefficient (Wildman–Crippen LogP) is 3.27. The lowest BCUT2D eigenvalue weighted by molar-refractivity contribution is 0.250. The third-order valence-electron chi connectivity index (χ3n) is 3.42.